The molecule has 0 radical (unpaired) electrons. The molecule has 1 aromatic carbocycles. The normalized spacial score (nSPS) is 18.6. The van der Waals surface area contributed by atoms with Gasteiger partial charge >= 0.3 is 0 Å². The molecule has 3 heteroatoms. The lowest BCUT2D eigenvalue weighted by Gasteiger charge is -2.14. The molecule has 0 unspecified atom stereocenters. The lowest BCUT2D eigenvalue weighted by atomic mass is 10.1. The van der Waals surface area contributed by atoms with Gasteiger partial charge in [0, 0.05) is 0 Å². The number of benzene rings is 1. The third kappa shape index (κ3) is 2.74. The predicted octanol–water partition coefficient (Wildman–Crippen LogP) is 2.00. The van der Waals surface area contributed by atoms with Gasteiger partial charge in [-0.15, -0.1) is 0 Å². The van der Waals surface area contributed by atoms with Crippen LogP contribution in [0.15, 0.2) is 24.3 Å². The van der Waals surface area contributed by atoms with E-state index >= 15 is 0 Å². The van der Waals surface area contributed by atoms with E-state index in [4.69, 9.17) is 15.6 Å². The van der Waals surface area contributed by atoms with Crippen LogP contribution in [0.2, 0.25) is 0 Å². The first kappa shape index (κ1) is 11.4. The lowest BCUT2D eigenvalue weighted by Crippen LogP contribution is -2.14. The summed E-state index contributed by atoms with van der Waals surface area (Å²) >= 11 is 0. The Kier molecular flexibility index (Phi) is 3.80. The summed E-state index contributed by atoms with van der Waals surface area (Å²) in [7, 11) is 0. The van der Waals surface area contributed by atoms with E-state index in [1.54, 1.807) is 0 Å². The van der Waals surface area contributed by atoms with Crippen LogP contribution < -0.4 is 10.5 Å². The Hall–Kier alpha value is -1.06. The third-order valence-electron chi connectivity index (χ3n) is 3.11. The molecule has 1 fully saturated rings. The van der Waals surface area contributed by atoms with Crippen LogP contribution in [0.3, 0.4) is 0 Å². The molecule has 3 nitrogen and oxygen atoms in total. The second kappa shape index (κ2) is 5.32. The minimum absolute atomic E-state index is 0.0250. The van der Waals surface area contributed by atoms with Gasteiger partial charge in [-0.3, -0.25) is 0 Å². The van der Waals surface area contributed by atoms with E-state index in [0.29, 0.717) is 6.10 Å². The Morgan fingerprint density at radius 2 is 1.88 bits per heavy atom. The summed E-state index contributed by atoms with van der Waals surface area (Å²) in [4.78, 5) is 0. The van der Waals surface area contributed by atoms with E-state index in [1.807, 2.05) is 24.3 Å². The fourth-order valence-corrected chi connectivity index (χ4v) is 2.10. The molecule has 2 rings (SSSR count). The molecule has 16 heavy (non-hydrogen) atoms. The van der Waals surface area contributed by atoms with Crippen LogP contribution >= 0.6 is 0 Å². The summed E-state index contributed by atoms with van der Waals surface area (Å²) in [5, 5.41) is 8.93. The molecular weight excluding hydrogens is 202 g/mol. The summed E-state index contributed by atoms with van der Waals surface area (Å²) in [5.41, 5.74) is 6.66. The first-order valence-corrected chi connectivity index (χ1v) is 5.92. The number of ether oxygens (including phenoxy) is 1. The Morgan fingerprint density at radius 1 is 1.25 bits per heavy atom. The van der Waals surface area contributed by atoms with Crippen molar-refractivity contribution in [1.29, 1.82) is 0 Å². The van der Waals surface area contributed by atoms with Gasteiger partial charge in [0.1, 0.15) is 5.75 Å². The zero-order chi connectivity index (χ0) is 11.4. The van der Waals surface area contributed by atoms with Gasteiger partial charge in [-0.2, -0.15) is 0 Å². The topological polar surface area (TPSA) is 55.5 Å². The summed E-state index contributed by atoms with van der Waals surface area (Å²) in [6.45, 7) is -0.0250. The number of hydrogen-bond donors (Lipinski definition) is 2. The third-order valence-corrected chi connectivity index (χ3v) is 3.11. The SMILES string of the molecule is N[C@H](CO)c1ccc(OC2CCCC2)cc1. The minimum atomic E-state index is -0.291. The number of aliphatic hydroxyl groups excluding tert-OH is 1. The van der Waals surface area contributed by atoms with Crippen molar-refractivity contribution in [3.63, 3.8) is 0 Å². The van der Waals surface area contributed by atoms with Gasteiger partial charge in [0.05, 0.1) is 18.8 Å². The fourth-order valence-electron chi connectivity index (χ4n) is 2.10. The molecule has 88 valence electrons. The van der Waals surface area contributed by atoms with E-state index < -0.39 is 0 Å². The summed E-state index contributed by atoms with van der Waals surface area (Å²) in [6, 6.07) is 7.42. The molecule has 1 atom stereocenters. The lowest BCUT2D eigenvalue weighted by molar-refractivity contribution is 0.210. The quantitative estimate of drug-likeness (QED) is 0.817. The maximum absolute atomic E-state index is 8.93. The molecule has 0 heterocycles. The highest BCUT2D eigenvalue weighted by Crippen LogP contribution is 2.24. The molecule has 0 aliphatic heterocycles. The average molecular weight is 221 g/mol. The van der Waals surface area contributed by atoms with Crippen LogP contribution in [0, 0.1) is 0 Å². The van der Waals surface area contributed by atoms with Gasteiger partial charge in [0.2, 0.25) is 0 Å². The Balaban J connectivity index is 1.96. The van der Waals surface area contributed by atoms with Crippen molar-refractivity contribution in [2.75, 3.05) is 6.61 Å². The highest BCUT2D eigenvalue weighted by molar-refractivity contribution is 5.29. The van der Waals surface area contributed by atoms with Crippen LogP contribution in [0.4, 0.5) is 0 Å². The predicted molar refractivity (Wildman–Crippen MR) is 63.3 cm³/mol. The fraction of sp³-hybridized carbons (Fsp3) is 0.538. The Labute approximate surface area is 96.2 Å². The zero-order valence-corrected chi connectivity index (χ0v) is 9.43. The van der Waals surface area contributed by atoms with Gasteiger partial charge in [0.25, 0.3) is 0 Å². The molecule has 1 aliphatic rings. The molecule has 3 N–H and O–H groups in total. The van der Waals surface area contributed by atoms with E-state index in [0.717, 1.165) is 24.2 Å². The highest BCUT2D eigenvalue weighted by atomic mass is 16.5. The van der Waals surface area contributed by atoms with Crippen molar-refractivity contribution >= 4 is 0 Å². The van der Waals surface area contributed by atoms with Crippen LogP contribution in [0.25, 0.3) is 0 Å². The monoisotopic (exact) mass is 221 g/mol. The summed E-state index contributed by atoms with van der Waals surface area (Å²) in [5.74, 6) is 0.904. The first-order valence-electron chi connectivity index (χ1n) is 5.92. The maximum atomic E-state index is 8.93. The molecule has 1 aliphatic carbocycles. The van der Waals surface area contributed by atoms with Crippen molar-refractivity contribution in [2.45, 2.75) is 37.8 Å². The van der Waals surface area contributed by atoms with Gasteiger partial charge in [0.15, 0.2) is 0 Å². The van der Waals surface area contributed by atoms with Crippen molar-refractivity contribution in [1.82, 2.24) is 0 Å². The van der Waals surface area contributed by atoms with Crippen LogP contribution in [0.1, 0.15) is 37.3 Å². The maximum Gasteiger partial charge on any atom is 0.119 e. The molecule has 1 saturated carbocycles. The smallest absolute Gasteiger partial charge is 0.119 e. The summed E-state index contributed by atoms with van der Waals surface area (Å²) in [6.07, 6.45) is 5.27. The van der Waals surface area contributed by atoms with Crippen LogP contribution in [0.5, 0.6) is 5.75 Å². The summed E-state index contributed by atoms with van der Waals surface area (Å²) < 4.78 is 5.84. The second-order valence-corrected chi connectivity index (χ2v) is 4.38. The van der Waals surface area contributed by atoms with Crippen molar-refractivity contribution in [3.05, 3.63) is 29.8 Å². The molecular formula is C13H19NO2. The van der Waals surface area contributed by atoms with Crippen LogP contribution in [-0.4, -0.2) is 17.8 Å². The van der Waals surface area contributed by atoms with Crippen molar-refractivity contribution in [2.24, 2.45) is 5.73 Å². The van der Waals surface area contributed by atoms with Gasteiger partial charge in [-0.1, -0.05) is 12.1 Å². The minimum Gasteiger partial charge on any atom is -0.490 e. The Morgan fingerprint density at radius 3 is 2.44 bits per heavy atom. The molecule has 0 amide bonds. The van der Waals surface area contributed by atoms with Gasteiger partial charge < -0.3 is 15.6 Å². The van der Waals surface area contributed by atoms with E-state index in [2.05, 4.69) is 0 Å². The first-order chi connectivity index (χ1) is 7.79. The van der Waals surface area contributed by atoms with Crippen molar-refractivity contribution in [3.8, 4) is 5.75 Å². The molecule has 1 aromatic rings. The second-order valence-electron chi connectivity index (χ2n) is 4.38. The largest absolute Gasteiger partial charge is 0.490 e. The van der Waals surface area contributed by atoms with Crippen LogP contribution in [-0.2, 0) is 0 Å². The molecule has 0 bridgehead atoms. The van der Waals surface area contributed by atoms with E-state index in [9.17, 15) is 0 Å². The molecule has 0 spiro atoms. The zero-order valence-electron chi connectivity index (χ0n) is 9.43. The highest BCUT2D eigenvalue weighted by Gasteiger charge is 2.16. The molecule has 0 aromatic heterocycles. The van der Waals surface area contributed by atoms with Crippen molar-refractivity contribution < 1.29 is 9.84 Å². The van der Waals surface area contributed by atoms with Gasteiger partial charge in [-0.25, -0.2) is 0 Å². The Bertz CT molecular complexity index is 317. The average Bonchev–Trinajstić information content (AvgIpc) is 2.82. The molecule has 0 saturated heterocycles. The number of aliphatic hydroxyl groups is 1. The number of rotatable bonds is 4. The van der Waals surface area contributed by atoms with E-state index in [1.165, 1.54) is 12.8 Å². The number of hydrogen-bond acceptors (Lipinski definition) is 3. The number of nitrogens with two attached hydrogens (primary N) is 1. The van der Waals surface area contributed by atoms with Gasteiger partial charge in [-0.05, 0) is 43.4 Å². The van der Waals surface area contributed by atoms with E-state index in [-0.39, 0.29) is 12.6 Å². The standard InChI is InChI=1S/C13H19NO2/c14-13(9-15)10-5-7-12(8-6-10)16-11-3-1-2-4-11/h5-8,11,13,15H,1-4,9,14H2/t13-/m1/s1.